The van der Waals surface area contributed by atoms with Gasteiger partial charge < -0.3 is 30.0 Å². The number of rotatable bonds is 13. The van der Waals surface area contributed by atoms with Gasteiger partial charge in [0.1, 0.15) is 11.5 Å². The monoisotopic (exact) mass is 884 g/mol. The molecule has 2 aliphatic rings. The lowest BCUT2D eigenvalue weighted by Gasteiger charge is -2.15. The number of anilines is 4. The number of aromatic carboxylic acids is 1. The second-order valence-electron chi connectivity index (χ2n) is 15.4. The Morgan fingerprint density at radius 3 is 1.47 bits per heavy atom. The van der Waals surface area contributed by atoms with E-state index in [9.17, 15) is 41.0 Å². The Balaban J connectivity index is 0.000000192. The molecule has 0 unspecified atom stereocenters. The van der Waals surface area contributed by atoms with Gasteiger partial charge >= 0.3 is 24.7 Å². The highest BCUT2D eigenvalue weighted by Gasteiger charge is 2.32. The fourth-order valence-corrected chi connectivity index (χ4v) is 7.12. The number of hydrogen-bond donors (Lipinski definition) is 3. The molecule has 0 spiro atoms. The molecular formula is C48H42F6N4O6. The predicted octanol–water partition coefficient (Wildman–Crippen LogP) is 13.0. The summed E-state index contributed by atoms with van der Waals surface area (Å²) in [6, 6.07) is 26.0. The highest BCUT2D eigenvalue weighted by molar-refractivity contribution is 5.97. The number of halogens is 6. The maximum absolute atomic E-state index is 12.5. The van der Waals surface area contributed by atoms with E-state index in [0.717, 1.165) is 42.4 Å². The first kappa shape index (κ1) is 44.9. The number of pyridine rings is 2. The maximum Gasteiger partial charge on any atom is 0.573 e. The number of carboxylic acid groups (broad SMARTS) is 1. The lowest BCUT2D eigenvalue weighted by Crippen LogP contribution is -2.17. The van der Waals surface area contributed by atoms with Crippen LogP contribution in [0.3, 0.4) is 0 Å². The third-order valence-corrected chi connectivity index (χ3v) is 10.3. The van der Waals surface area contributed by atoms with Gasteiger partial charge in [-0.15, -0.1) is 26.3 Å². The number of carbonyl (C=O) groups is 2. The number of benzene rings is 4. The first-order valence-electron chi connectivity index (χ1n) is 20.3. The van der Waals surface area contributed by atoms with E-state index in [1.54, 1.807) is 50.4 Å². The van der Waals surface area contributed by atoms with Crippen molar-refractivity contribution in [1.29, 1.82) is 0 Å². The Labute approximate surface area is 364 Å². The van der Waals surface area contributed by atoms with Gasteiger partial charge in [0.15, 0.2) is 0 Å². The third-order valence-electron chi connectivity index (χ3n) is 10.3. The lowest BCUT2D eigenvalue weighted by molar-refractivity contribution is -0.275. The number of carbonyl (C=O) groups excluding carboxylic acids is 1. The minimum absolute atomic E-state index is 0.183. The average Bonchev–Trinajstić information content (AvgIpc) is 4.16. The number of alkyl halides is 6. The van der Waals surface area contributed by atoms with Crippen LogP contribution in [0, 0.1) is 13.8 Å². The van der Waals surface area contributed by atoms with E-state index < -0.39 is 24.7 Å². The molecular weight excluding hydrogens is 843 g/mol. The van der Waals surface area contributed by atoms with Crippen molar-refractivity contribution >= 4 is 34.7 Å². The third kappa shape index (κ3) is 11.9. The summed E-state index contributed by atoms with van der Waals surface area (Å²) in [4.78, 5) is 33.0. The van der Waals surface area contributed by atoms with Crippen molar-refractivity contribution in [1.82, 2.24) is 9.97 Å². The fraction of sp³-hybridized carbons (Fsp3) is 0.250. The number of esters is 1. The minimum Gasteiger partial charge on any atom is -0.478 e. The van der Waals surface area contributed by atoms with Gasteiger partial charge in [-0.05, 0) is 141 Å². The summed E-state index contributed by atoms with van der Waals surface area (Å²) in [6.45, 7) is 5.63. The van der Waals surface area contributed by atoms with Crippen LogP contribution >= 0.6 is 0 Å². The molecule has 4 aromatic carbocycles. The van der Waals surface area contributed by atoms with Crippen LogP contribution in [0.1, 0.15) is 87.4 Å². The van der Waals surface area contributed by atoms with Crippen LogP contribution in [-0.4, -0.2) is 46.3 Å². The predicted molar refractivity (Wildman–Crippen MR) is 229 cm³/mol. The summed E-state index contributed by atoms with van der Waals surface area (Å²) in [7, 11) is 0. The molecule has 0 atom stereocenters. The molecule has 2 aromatic heterocycles. The molecule has 64 heavy (non-hydrogen) atoms. The topological polar surface area (TPSA) is 132 Å². The SMILES string of the molecule is CCOC(=O)c1cc(C2CC2)ccc1Nc1cnc(-c2cccc(OC(F)(F)F)c2)c(C)c1.Cc1cc(Nc2ccc(C3CC3)cc2C(=O)O)cnc1-c1cccc(OC(F)(F)F)c1. The van der Waals surface area contributed by atoms with E-state index >= 15 is 0 Å². The van der Waals surface area contributed by atoms with Crippen LogP contribution in [0.5, 0.6) is 11.5 Å². The van der Waals surface area contributed by atoms with Crippen molar-refractivity contribution in [3.8, 4) is 34.0 Å². The van der Waals surface area contributed by atoms with Gasteiger partial charge in [-0.25, -0.2) is 9.59 Å². The summed E-state index contributed by atoms with van der Waals surface area (Å²) in [6.07, 6.45) is -2.06. The Kier molecular flexibility index (Phi) is 13.1. The summed E-state index contributed by atoms with van der Waals surface area (Å²) in [5.41, 5.74) is 8.52. The molecule has 2 aliphatic carbocycles. The van der Waals surface area contributed by atoms with Crippen molar-refractivity contribution in [3.63, 3.8) is 0 Å². The van der Waals surface area contributed by atoms with E-state index in [1.807, 2.05) is 37.3 Å². The van der Waals surface area contributed by atoms with Crippen molar-refractivity contribution in [2.24, 2.45) is 0 Å². The Bertz CT molecular complexity index is 2680. The quantitative estimate of drug-likeness (QED) is 0.0761. The fourth-order valence-electron chi connectivity index (χ4n) is 7.12. The molecule has 6 aromatic rings. The summed E-state index contributed by atoms with van der Waals surface area (Å²) in [5, 5.41) is 15.9. The van der Waals surface area contributed by atoms with Crippen LogP contribution in [0.4, 0.5) is 49.1 Å². The second kappa shape index (κ2) is 18.7. The number of aryl methyl sites for hydroxylation is 2. The van der Waals surface area contributed by atoms with Gasteiger partial charge in [0.05, 0.1) is 64.3 Å². The second-order valence-corrected chi connectivity index (χ2v) is 15.4. The van der Waals surface area contributed by atoms with Gasteiger partial charge in [-0.3, -0.25) is 9.97 Å². The number of nitrogens with zero attached hydrogens (tertiary/aromatic N) is 2. The Morgan fingerprint density at radius 2 is 1.08 bits per heavy atom. The van der Waals surface area contributed by atoms with Crippen LogP contribution in [0.2, 0.25) is 0 Å². The number of carboxylic acids is 1. The Hall–Kier alpha value is -7.10. The molecule has 0 aliphatic heterocycles. The number of hydrogen-bond acceptors (Lipinski definition) is 9. The number of ether oxygens (including phenoxy) is 3. The van der Waals surface area contributed by atoms with E-state index in [0.29, 0.717) is 68.2 Å². The average molecular weight is 885 g/mol. The van der Waals surface area contributed by atoms with Gasteiger partial charge in [0.25, 0.3) is 0 Å². The maximum atomic E-state index is 12.5. The molecule has 0 bridgehead atoms. The van der Waals surface area contributed by atoms with Crippen molar-refractivity contribution < 1.29 is 55.2 Å². The minimum atomic E-state index is -4.77. The molecule has 0 amide bonds. The van der Waals surface area contributed by atoms with Crippen LogP contribution in [0.25, 0.3) is 22.5 Å². The first-order chi connectivity index (χ1) is 30.4. The molecule has 2 fully saturated rings. The number of nitrogens with one attached hydrogen (secondary N) is 2. The van der Waals surface area contributed by atoms with E-state index in [2.05, 4.69) is 30.1 Å². The molecule has 3 N–H and O–H groups in total. The molecule has 0 radical (unpaired) electrons. The van der Waals surface area contributed by atoms with Gasteiger partial charge in [0, 0.05) is 11.1 Å². The molecule has 2 heterocycles. The largest absolute Gasteiger partial charge is 0.573 e. The molecule has 16 heteroatoms. The van der Waals surface area contributed by atoms with Gasteiger partial charge in [-0.1, -0.05) is 36.4 Å². The van der Waals surface area contributed by atoms with Crippen LogP contribution in [-0.2, 0) is 4.74 Å². The molecule has 10 nitrogen and oxygen atoms in total. The zero-order valence-electron chi connectivity index (χ0n) is 34.7. The lowest BCUT2D eigenvalue weighted by atomic mass is 10.0. The zero-order valence-corrected chi connectivity index (χ0v) is 34.7. The van der Waals surface area contributed by atoms with Gasteiger partial charge in [-0.2, -0.15) is 0 Å². The van der Waals surface area contributed by atoms with Crippen molar-refractivity contribution in [3.05, 3.63) is 143 Å². The van der Waals surface area contributed by atoms with E-state index in [4.69, 9.17) is 4.74 Å². The molecule has 8 rings (SSSR count). The van der Waals surface area contributed by atoms with Crippen molar-refractivity contribution in [2.45, 2.75) is 71.0 Å². The molecule has 332 valence electrons. The summed E-state index contributed by atoms with van der Waals surface area (Å²) >= 11 is 0. The standard InChI is InChI=1S/C25H23F3N2O3.C23H19F3N2O3/c1-3-32-24(31)21-13-17(16-7-8-16)9-10-22(21)30-19-11-15(2)23(29-14-19)18-5-4-6-20(12-18)33-25(26,27)28;1-13-9-17(28-20-8-7-15(14-5-6-14)11-19(20)22(29)30)12-27-21(13)16-3-2-4-18(10-16)31-23(24,25)26/h4-6,9-14,16,30H,3,7-8H2,1-2H3;2-4,7-12,14,28H,5-6H2,1H3,(H,29,30). The smallest absolute Gasteiger partial charge is 0.478 e. The number of aromatic nitrogens is 2. The van der Waals surface area contributed by atoms with E-state index in [1.165, 1.54) is 42.6 Å². The summed E-state index contributed by atoms with van der Waals surface area (Å²) < 4.78 is 88.3. The van der Waals surface area contributed by atoms with Crippen LogP contribution in [0.15, 0.2) is 109 Å². The Morgan fingerprint density at radius 1 is 0.641 bits per heavy atom. The first-order valence-corrected chi connectivity index (χ1v) is 20.3. The van der Waals surface area contributed by atoms with Crippen molar-refractivity contribution in [2.75, 3.05) is 17.2 Å². The van der Waals surface area contributed by atoms with E-state index in [-0.39, 0.29) is 23.7 Å². The highest BCUT2D eigenvalue weighted by atomic mass is 19.4. The van der Waals surface area contributed by atoms with Crippen LogP contribution < -0.4 is 20.1 Å². The molecule has 2 saturated carbocycles. The normalized spacial score (nSPS) is 13.6. The zero-order chi connectivity index (χ0) is 45.8. The van der Waals surface area contributed by atoms with Gasteiger partial charge in [0.2, 0.25) is 0 Å². The summed E-state index contributed by atoms with van der Waals surface area (Å²) in [5.74, 6) is -1.12. The highest BCUT2D eigenvalue weighted by Crippen LogP contribution is 2.43. The molecule has 0 saturated heterocycles.